The smallest absolute Gasteiger partial charge is 0.256 e. The monoisotopic (exact) mass is 455 g/mol. The molecule has 1 saturated heterocycles. The molecule has 0 radical (unpaired) electrons. The minimum absolute atomic E-state index is 0.00402. The van der Waals surface area contributed by atoms with E-state index in [1.54, 1.807) is 13.1 Å². The number of rotatable bonds is 5. The number of carbonyl (C=O) groups excluding carboxylic acids is 1. The van der Waals surface area contributed by atoms with E-state index in [0.29, 0.717) is 23.7 Å². The number of anilines is 2. The number of para-hydroxylation sites is 1. The lowest BCUT2D eigenvalue weighted by Gasteiger charge is -2.33. The van der Waals surface area contributed by atoms with Crippen LogP contribution in [0.4, 0.5) is 11.6 Å². The molecule has 1 aliphatic heterocycles. The van der Waals surface area contributed by atoms with Crippen LogP contribution in [0.5, 0.6) is 0 Å². The van der Waals surface area contributed by atoms with Crippen molar-refractivity contribution in [3.8, 4) is 11.3 Å². The number of nitrogens with zero attached hydrogens (tertiary/aromatic N) is 6. The first-order valence-electron chi connectivity index (χ1n) is 11.7. The number of nitrogens with two attached hydrogens (primary N) is 1. The van der Waals surface area contributed by atoms with Gasteiger partial charge in [-0.05, 0) is 44.4 Å². The van der Waals surface area contributed by atoms with E-state index in [-0.39, 0.29) is 11.4 Å². The maximum atomic E-state index is 13.8. The van der Waals surface area contributed by atoms with Crippen molar-refractivity contribution in [3.05, 3.63) is 72.4 Å². The number of benzene rings is 2. The first-order valence-corrected chi connectivity index (χ1v) is 11.7. The molecule has 2 N–H and O–H groups in total. The van der Waals surface area contributed by atoms with Gasteiger partial charge in [0.05, 0.1) is 22.5 Å². The van der Waals surface area contributed by atoms with Crippen LogP contribution in [0.15, 0.2) is 72.0 Å². The fraction of sp³-hybridized carbons (Fsp3) is 0.308. The fourth-order valence-corrected chi connectivity index (χ4v) is 4.69. The maximum Gasteiger partial charge on any atom is 0.256 e. The Labute approximate surface area is 199 Å². The third kappa shape index (κ3) is 4.24. The zero-order valence-electron chi connectivity index (χ0n) is 19.3. The first kappa shape index (κ1) is 22.0. The summed E-state index contributed by atoms with van der Waals surface area (Å²) in [6, 6.07) is 19.5. The first-order chi connectivity index (χ1) is 16.6. The van der Waals surface area contributed by atoms with E-state index in [4.69, 9.17) is 10.8 Å². The van der Waals surface area contributed by atoms with Crippen molar-refractivity contribution < 1.29 is 4.79 Å². The summed E-state index contributed by atoms with van der Waals surface area (Å²) in [4.78, 5) is 27.5. The number of hydrogen-bond donors (Lipinski definition) is 1. The van der Waals surface area contributed by atoms with Crippen molar-refractivity contribution in [3.63, 3.8) is 0 Å². The molecular formula is C26H29N7O. The molecule has 0 bridgehead atoms. The van der Waals surface area contributed by atoms with Crippen molar-refractivity contribution in [1.82, 2.24) is 14.9 Å². The largest absolute Gasteiger partial charge is 0.338 e. The molecule has 8 heteroatoms. The number of amides is 1. The molecule has 5 rings (SSSR count). The second-order valence-corrected chi connectivity index (χ2v) is 8.80. The molecule has 1 spiro atoms. The maximum absolute atomic E-state index is 13.8. The van der Waals surface area contributed by atoms with Crippen LogP contribution in [0.3, 0.4) is 0 Å². The second-order valence-electron chi connectivity index (χ2n) is 8.80. The molecule has 2 aromatic carbocycles. The van der Waals surface area contributed by atoms with Gasteiger partial charge in [0.25, 0.3) is 5.91 Å². The van der Waals surface area contributed by atoms with Crippen LogP contribution in [0.1, 0.15) is 36.5 Å². The number of hydrazone groups is 1. The minimum atomic E-state index is -0.208. The van der Waals surface area contributed by atoms with Gasteiger partial charge in [0, 0.05) is 37.6 Å². The molecule has 3 aromatic rings. The van der Waals surface area contributed by atoms with E-state index in [9.17, 15) is 4.79 Å². The van der Waals surface area contributed by atoms with Crippen molar-refractivity contribution >= 4 is 23.8 Å². The van der Waals surface area contributed by atoms with E-state index in [1.165, 1.54) is 5.12 Å². The predicted molar refractivity (Wildman–Crippen MR) is 135 cm³/mol. The fourth-order valence-electron chi connectivity index (χ4n) is 4.69. The summed E-state index contributed by atoms with van der Waals surface area (Å²) < 4.78 is 0. The van der Waals surface area contributed by atoms with Gasteiger partial charge < -0.3 is 9.80 Å². The third-order valence-electron chi connectivity index (χ3n) is 6.56. The Bertz CT molecular complexity index is 1190. The van der Waals surface area contributed by atoms with Crippen molar-refractivity contribution in [2.45, 2.75) is 31.7 Å². The molecule has 1 amide bonds. The Kier molecular flexibility index (Phi) is 5.98. The van der Waals surface area contributed by atoms with Crippen molar-refractivity contribution in [2.75, 3.05) is 29.7 Å². The van der Waals surface area contributed by atoms with Crippen molar-refractivity contribution in [1.29, 1.82) is 0 Å². The molecule has 34 heavy (non-hydrogen) atoms. The van der Waals surface area contributed by atoms with Crippen LogP contribution in [0, 0.1) is 0 Å². The molecular weight excluding hydrogens is 426 g/mol. The summed E-state index contributed by atoms with van der Waals surface area (Å²) in [6.07, 6.45) is 6.20. The summed E-state index contributed by atoms with van der Waals surface area (Å²) >= 11 is 0. The molecule has 2 heterocycles. The Balaban J connectivity index is 1.40. The minimum Gasteiger partial charge on any atom is -0.338 e. The van der Waals surface area contributed by atoms with E-state index in [1.807, 2.05) is 59.6 Å². The third-order valence-corrected chi connectivity index (χ3v) is 6.56. The number of aromatic nitrogens is 2. The molecule has 2 fully saturated rings. The van der Waals surface area contributed by atoms with Gasteiger partial charge >= 0.3 is 0 Å². The second kappa shape index (κ2) is 9.23. The van der Waals surface area contributed by atoms with Crippen LogP contribution < -0.4 is 15.9 Å². The van der Waals surface area contributed by atoms with Gasteiger partial charge in [-0.1, -0.05) is 42.5 Å². The standard InChI is InChI=1S/C26H29N7O/c1-2-29-33(27)23-12-7-6-11-21(23)24(34)32-18-8-17-31(19-26(32)14-15-26)25-28-16-13-22(30-25)20-9-4-3-5-10-20/h2-7,9-13,16H,8,14-15,17-19,27H2,1H3/b29-2-. The van der Waals surface area contributed by atoms with Crippen LogP contribution in [-0.2, 0) is 0 Å². The van der Waals surface area contributed by atoms with Crippen molar-refractivity contribution in [2.24, 2.45) is 10.9 Å². The van der Waals surface area contributed by atoms with Gasteiger partial charge in [-0.15, -0.1) is 0 Å². The van der Waals surface area contributed by atoms with Crippen LogP contribution in [-0.4, -0.2) is 52.2 Å². The molecule has 1 aromatic heterocycles. The quantitative estimate of drug-likeness (QED) is 0.358. The summed E-state index contributed by atoms with van der Waals surface area (Å²) in [5, 5.41) is 5.39. The Morgan fingerprint density at radius 1 is 1.09 bits per heavy atom. The van der Waals surface area contributed by atoms with E-state index in [2.05, 4.69) is 27.1 Å². The van der Waals surface area contributed by atoms with E-state index >= 15 is 0 Å². The van der Waals surface area contributed by atoms with E-state index in [0.717, 1.165) is 43.6 Å². The summed E-state index contributed by atoms with van der Waals surface area (Å²) in [5.41, 5.74) is 2.93. The van der Waals surface area contributed by atoms with Crippen LogP contribution in [0.2, 0.25) is 0 Å². The van der Waals surface area contributed by atoms with Gasteiger partial charge in [-0.3, -0.25) is 4.79 Å². The number of hydrazine groups is 1. The summed E-state index contributed by atoms with van der Waals surface area (Å²) in [6.45, 7) is 4.00. The van der Waals surface area contributed by atoms with Gasteiger partial charge in [-0.25, -0.2) is 15.8 Å². The number of hydrogen-bond acceptors (Lipinski definition) is 7. The van der Waals surface area contributed by atoms with Crippen LogP contribution >= 0.6 is 0 Å². The molecule has 0 unspecified atom stereocenters. The summed E-state index contributed by atoms with van der Waals surface area (Å²) in [7, 11) is 0. The Morgan fingerprint density at radius 3 is 2.62 bits per heavy atom. The Hall–Kier alpha value is -3.78. The highest BCUT2D eigenvalue weighted by atomic mass is 16.2. The highest BCUT2D eigenvalue weighted by Crippen LogP contribution is 2.45. The molecule has 1 saturated carbocycles. The van der Waals surface area contributed by atoms with Gasteiger partial charge in [0.2, 0.25) is 5.95 Å². The lowest BCUT2D eigenvalue weighted by Crippen LogP contribution is -2.47. The Morgan fingerprint density at radius 2 is 1.85 bits per heavy atom. The normalized spacial score (nSPS) is 17.1. The molecule has 174 valence electrons. The van der Waals surface area contributed by atoms with E-state index < -0.39 is 0 Å². The van der Waals surface area contributed by atoms with Crippen LogP contribution in [0.25, 0.3) is 11.3 Å². The van der Waals surface area contributed by atoms with Gasteiger partial charge in [0.15, 0.2) is 0 Å². The van der Waals surface area contributed by atoms with Gasteiger partial charge in [-0.2, -0.15) is 10.2 Å². The average Bonchev–Trinajstić information content (AvgIpc) is 3.69. The SMILES string of the molecule is C/C=N\N(N)c1ccccc1C(=O)N1CCCN(c2nccc(-c3ccccc3)n2)CC12CC2. The lowest BCUT2D eigenvalue weighted by atomic mass is 10.1. The highest BCUT2D eigenvalue weighted by molar-refractivity contribution is 6.00. The zero-order valence-corrected chi connectivity index (χ0v) is 19.3. The molecule has 1 aliphatic carbocycles. The topological polar surface area (TPSA) is 91.0 Å². The molecule has 0 atom stereocenters. The predicted octanol–water partition coefficient (Wildman–Crippen LogP) is 3.71. The summed E-state index contributed by atoms with van der Waals surface area (Å²) in [5.74, 6) is 6.80. The zero-order chi connectivity index (χ0) is 23.5. The lowest BCUT2D eigenvalue weighted by molar-refractivity contribution is 0.0670. The number of carbonyl (C=O) groups is 1. The highest BCUT2D eigenvalue weighted by Gasteiger charge is 2.52. The molecule has 2 aliphatic rings. The van der Waals surface area contributed by atoms with Gasteiger partial charge in [0.1, 0.15) is 0 Å². The molecule has 8 nitrogen and oxygen atoms in total. The average molecular weight is 456 g/mol.